The van der Waals surface area contributed by atoms with Crippen molar-refractivity contribution in [3.63, 3.8) is 0 Å². The largest absolute Gasteiger partial charge is 0.274 e. The van der Waals surface area contributed by atoms with E-state index in [2.05, 4.69) is 47.4 Å². The molecule has 2 rings (SSSR count). The highest BCUT2D eigenvalue weighted by Gasteiger charge is 2.29. The number of para-hydroxylation sites is 1. The number of benzene rings is 1. The second kappa shape index (κ2) is 4.83. The summed E-state index contributed by atoms with van der Waals surface area (Å²) in [6, 6.07) is 8.79. The van der Waals surface area contributed by atoms with E-state index in [1.165, 1.54) is 4.68 Å². The first-order chi connectivity index (χ1) is 8.03. The molecule has 0 saturated heterocycles. The van der Waals surface area contributed by atoms with Gasteiger partial charge in [-0.1, -0.05) is 55.2 Å². The van der Waals surface area contributed by atoms with Crippen molar-refractivity contribution in [2.45, 2.75) is 8.22 Å². The molecule has 0 fully saturated rings. The van der Waals surface area contributed by atoms with E-state index < -0.39 is 12.9 Å². The van der Waals surface area contributed by atoms with Crippen LogP contribution in [0.5, 0.6) is 0 Å². The van der Waals surface area contributed by atoms with Crippen LogP contribution in [0.25, 0.3) is 5.69 Å². The topological polar surface area (TPSA) is 77.7 Å². The molecular formula is C8H6Br2N4O2S. The molecule has 0 unspecified atom stereocenters. The zero-order valence-electron chi connectivity index (χ0n) is 8.23. The molecule has 17 heavy (non-hydrogen) atoms. The van der Waals surface area contributed by atoms with Crippen molar-refractivity contribution in [3.05, 3.63) is 30.3 Å². The van der Waals surface area contributed by atoms with Gasteiger partial charge in [0, 0.05) is 0 Å². The molecule has 0 amide bonds. The highest BCUT2D eigenvalue weighted by atomic mass is 79.9. The lowest BCUT2D eigenvalue weighted by Crippen LogP contribution is -2.15. The van der Waals surface area contributed by atoms with Gasteiger partial charge in [-0.15, -0.1) is 0 Å². The molecule has 0 bridgehead atoms. The zero-order chi connectivity index (χ0) is 12.5. The van der Waals surface area contributed by atoms with Gasteiger partial charge in [-0.3, -0.25) is 0 Å². The van der Waals surface area contributed by atoms with Crippen LogP contribution in [0.1, 0.15) is 0 Å². The van der Waals surface area contributed by atoms with Crippen molar-refractivity contribution in [2.24, 2.45) is 0 Å². The minimum Gasteiger partial charge on any atom is -0.218 e. The minimum absolute atomic E-state index is 0.220. The lowest BCUT2D eigenvalue weighted by Gasteiger charge is -2.05. The predicted molar refractivity (Wildman–Crippen MR) is 68.0 cm³/mol. The molecule has 6 nitrogen and oxygen atoms in total. The molecule has 0 aliphatic carbocycles. The number of halogens is 2. The third-order valence-corrected chi connectivity index (χ3v) is 6.12. The van der Waals surface area contributed by atoms with Crippen molar-refractivity contribution >= 4 is 41.7 Å². The average molecular weight is 382 g/mol. The minimum atomic E-state index is -3.65. The maximum atomic E-state index is 11.9. The first-order valence-electron chi connectivity index (χ1n) is 4.39. The van der Waals surface area contributed by atoms with Crippen LogP contribution in [0.2, 0.25) is 0 Å². The van der Waals surface area contributed by atoms with Crippen LogP contribution in [0, 0.1) is 0 Å². The van der Waals surface area contributed by atoms with E-state index in [0.717, 1.165) is 0 Å². The summed E-state index contributed by atoms with van der Waals surface area (Å²) < 4.78 is 24.1. The van der Waals surface area contributed by atoms with Gasteiger partial charge in [-0.25, -0.2) is 8.42 Å². The summed E-state index contributed by atoms with van der Waals surface area (Å²) in [5, 5.41) is 10.4. The Bertz CT molecular complexity index is 611. The van der Waals surface area contributed by atoms with Crippen LogP contribution < -0.4 is 0 Å². The third-order valence-electron chi connectivity index (χ3n) is 1.93. The van der Waals surface area contributed by atoms with E-state index in [1.54, 1.807) is 24.3 Å². The molecule has 90 valence electrons. The standard InChI is InChI=1S/C8H6Br2N4O2S/c9-7(10)17(15,16)8-11-12-13-14(8)6-4-2-1-3-5-6/h1-5,7H. The molecule has 0 spiro atoms. The molecule has 0 radical (unpaired) electrons. The molecule has 2 aromatic rings. The van der Waals surface area contributed by atoms with Gasteiger partial charge in [0.1, 0.15) is 0 Å². The lowest BCUT2D eigenvalue weighted by atomic mass is 10.3. The first-order valence-corrected chi connectivity index (χ1v) is 7.77. The fraction of sp³-hybridized carbons (Fsp3) is 0.125. The van der Waals surface area contributed by atoms with E-state index >= 15 is 0 Å². The van der Waals surface area contributed by atoms with Gasteiger partial charge in [-0.05, 0) is 22.6 Å². The molecule has 0 aliphatic rings. The Morgan fingerprint density at radius 2 is 1.82 bits per heavy atom. The van der Waals surface area contributed by atoms with E-state index in [0.29, 0.717) is 5.69 Å². The Balaban J connectivity index is 2.58. The fourth-order valence-electron chi connectivity index (χ4n) is 1.17. The van der Waals surface area contributed by atoms with Gasteiger partial charge in [0.15, 0.2) is 3.07 Å². The summed E-state index contributed by atoms with van der Waals surface area (Å²) in [6.45, 7) is 0. The second-order valence-corrected chi connectivity index (χ2v) is 9.21. The SMILES string of the molecule is O=S(=O)(c1nnnn1-c1ccccc1)C(Br)Br. The van der Waals surface area contributed by atoms with Crippen LogP contribution in [0.15, 0.2) is 35.5 Å². The second-order valence-electron chi connectivity index (χ2n) is 3.01. The van der Waals surface area contributed by atoms with Crippen molar-refractivity contribution in [1.29, 1.82) is 0 Å². The van der Waals surface area contributed by atoms with E-state index in [1.807, 2.05) is 6.07 Å². The molecular weight excluding hydrogens is 376 g/mol. The van der Waals surface area contributed by atoms with Gasteiger partial charge in [0.2, 0.25) is 9.84 Å². The van der Waals surface area contributed by atoms with E-state index in [4.69, 9.17) is 0 Å². The number of aromatic nitrogens is 4. The Morgan fingerprint density at radius 1 is 1.18 bits per heavy atom. The van der Waals surface area contributed by atoms with Crippen LogP contribution in [-0.4, -0.2) is 31.7 Å². The summed E-state index contributed by atoms with van der Waals surface area (Å²) in [7, 11) is -3.65. The summed E-state index contributed by atoms with van der Waals surface area (Å²) in [5.74, 6) is 0. The third kappa shape index (κ3) is 2.40. The highest BCUT2D eigenvalue weighted by Crippen LogP contribution is 2.24. The van der Waals surface area contributed by atoms with Crippen LogP contribution in [0.4, 0.5) is 0 Å². The van der Waals surface area contributed by atoms with Crippen LogP contribution in [0.3, 0.4) is 0 Å². The van der Waals surface area contributed by atoms with Crippen molar-refractivity contribution in [1.82, 2.24) is 20.2 Å². The van der Waals surface area contributed by atoms with Gasteiger partial charge >= 0.3 is 0 Å². The molecule has 1 aromatic carbocycles. The predicted octanol–water partition coefficient (Wildman–Crippen LogP) is 1.51. The summed E-state index contributed by atoms with van der Waals surface area (Å²) in [6.07, 6.45) is 0. The average Bonchev–Trinajstić information content (AvgIpc) is 2.79. The lowest BCUT2D eigenvalue weighted by molar-refractivity contribution is 0.584. The Hall–Kier alpha value is -0.800. The van der Waals surface area contributed by atoms with Crippen LogP contribution in [-0.2, 0) is 9.84 Å². The monoisotopic (exact) mass is 380 g/mol. The number of hydrogen-bond donors (Lipinski definition) is 0. The quantitative estimate of drug-likeness (QED) is 0.753. The number of rotatable bonds is 3. The van der Waals surface area contributed by atoms with Crippen molar-refractivity contribution in [3.8, 4) is 5.69 Å². The van der Waals surface area contributed by atoms with Crippen LogP contribution >= 0.6 is 31.9 Å². The number of tetrazole rings is 1. The van der Waals surface area contributed by atoms with Gasteiger partial charge < -0.3 is 0 Å². The fourth-order valence-corrected chi connectivity index (χ4v) is 2.86. The molecule has 9 heteroatoms. The van der Waals surface area contributed by atoms with E-state index in [-0.39, 0.29) is 5.16 Å². The summed E-state index contributed by atoms with van der Waals surface area (Å²) in [5.41, 5.74) is 0.580. The molecule has 0 aliphatic heterocycles. The Kier molecular flexibility index (Phi) is 3.59. The number of nitrogens with zero attached hydrogens (tertiary/aromatic N) is 4. The molecule has 1 heterocycles. The maximum absolute atomic E-state index is 11.9. The van der Waals surface area contributed by atoms with Crippen molar-refractivity contribution < 1.29 is 8.42 Å². The van der Waals surface area contributed by atoms with Gasteiger partial charge in [0.25, 0.3) is 5.16 Å². The number of hydrogen-bond acceptors (Lipinski definition) is 5. The zero-order valence-corrected chi connectivity index (χ0v) is 12.2. The van der Waals surface area contributed by atoms with Gasteiger partial charge in [0.05, 0.1) is 5.69 Å². The maximum Gasteiger partial charge on any atom is 0.274 e. The normalized spacial score (nSPS) is 11.9. The first kappa shape index (κ1) is 12.7. The smallest absolute Gasteiger partial charge is 0.218 e. The summed E-state index contributed by atoms with van der Waals surface area (Å²) in [4.78, 5) is 0. The summed E-state index contributed by atoms with van der Waals surface area (Å²) >= 11 is 5.89. The number of sulfone groups is 1. The Morgan fingerprint density at radius 3 is 2.41 bits per heavy atom. The molecule has 0 saturated carbocycles. The Labute approximate surface area is 114 Å². The van der Waals surface area contributed by atoms with Crippen molar-refractivity contribution in [2.75, 3.05) is 0 Å². The highest BCUT2D eigenvalue weighted by molar-refractivity contribution is 9.27. The number of alkyl halides is 2. The molecule has 0 N–H and O–H groups in total. The van der Waals surface area contributed by atoms with E-state index in [9.17, 15) is 8.42 Å². The molecule has 0 atom stereocenters. The molecule has 1 aromatic heterocycles. The van der Waals surface area contributed by atoms with Gasteiger partial charge in [-0.2, -0.15) is 4.68 Å².